The van der Waals surface area contributed by atoms with Crippen molar-refractivity contribution in [2.24, 2.45) is 0 Å². The third-order valence-corrected chi connectivity index (χ3v) is 4.75. The van der Waals surface area contributed by atoms with Crippen molar-refractivity contribution in [3.8, 4) is 17.2 Å². The number of aryl methyl sites for hydroxylation is 1. The van der Waals surface area contributed by atoms with E-state index < -0.39 is 17.5 Å². The summed E-state index contributed by atoms with van der Waals surface area (Å²) in [6, 6.07) is 6.37. The minimum absolute atomic E-state index is 0.0509. The molecule has 0 spiro atoms. The van der Waals surface area contributed by atoms with Gasteiger partial charge in [-0.1, -0.05) is 0 Å². The molecular weight excluding hydrogens is 432 g/mol. The van der Waals surface area contributed by atoms with Crippen LogP contribution in [0, 0.1) is 18.6 Å². The van der Waals surface area contributed by atoms with Crippen LogP contribution < -0.4 is 19.5 Å². The molecule has 0 aliphatic carbocycles. The van der Waals surface area contributed by atoms with E-state index in [9.17, 15) is 13.6 Å². The van der Waals surface area contributed by atoms with E-state index in [1.54, 1.807) is 25.3 Å². The number of benzene rings is 2. The quantitative estimate of drug-likeness (QED) is 0.464. The Hall–Kier alpha value is -3.62. The number of aromatic nitrogens is 2. The Morgan fingerprint density at radius 1 is 1.00 bits per heavy atom. The minimum atomic E-state index is -0.559. The van der Waals surface area contributed by atoms with Crippen molar-refractivity contribution in [2.45, 2.75) is 34.2 Å². The maximum atomic E-state index is 14.1. The van der Waals surface area contributed by atoms with Crippen LogP contribution in [0.4, 0.5) is 14.6 Å². The number of rotatable bonds is 10. The van der Waals surface area contributed by atoms with Gasteiger partial charge in [0, 0.05) is 16.7 Å². The Bertz CT molecular complexity index is 1100. The van der Waals surface area contributed by atoms with Crippen LogP contribution >= 0.6 is 0 Å². The first kappa shape index (κ1) is 24.0. The molecule has 2 aromatic carbocycles. The predicted molar refractivity (Wildman–Crippen MR) is 120 cm³/mol. The minimum Gasteiger partial charge on any atom is -0.490 e. The van der Waals surface area contributed by atoms with E-state index in [0.29, 0.717) is 48.5 Å². The first-order valence-electron chi connectivity index (χ1n) is 10.7. The van der Waals surface area contributed by atoms with Gasteiger partial charge in [0.1, 0.15) is 17.5 Å². The Kier molecular flexibility index (Phi) is 7.87. The zero-order valence-electron chi connectivity index (χ0n) is 19.1. The standard InChI is InChI=1S/C24H27F2N3O4/c1-5-31-20-11-16(12-21(32-6-2)22(20)33-7-3)24(30)28-23-15(4)13-27-29(23)14-17-10-18(25)8-9-19(17)26/h8-13H,5-7,14H2,1-4H3,(H,28,30). The molecule has 176 valence electrons. The number of anilines is 1. The molecule has 33 heavy (non-hydrogen) atoms. The zero-order chi connectivity index (χ0) is 24.0. The number of carbonyl (C=O) groups is 1. The van der Waals surface area contributed by atoms with Crippen LogP contribution in [0.2, 0.25) is 0 Å². The number of nitrogens with zero attached hydrogens (tertiary/aromatic N) is 2. The highest BCUT2D eigenvalue weighted by atomic mass is 19.1. The van der Waals surface area contributed by atoms with Gasteiger partial charge in [0.2, 0.25) is 5.75 Å². The number of carbonyl (C=O) groups excluding carboxylic acids is 1. The second kappa shape index (κ2) is 10.8. The number of halogens is 2. The normalized spacial score (nSPS) is 10.7. The molecule has 3 rings (SSSR count). The third-order valence-electron chi connectivity index (χ3n) is 4.75. The second-order valence-corrected chi connectivity index (χ2v) is 7.12. The number of nitrogens with one attached hydrogen (secondary N) is 1. The largest absolute Gasteiger partial charge is 0.490 e. The fourth-order valence-corrected chi connectivity index (χ4v) is 3.29. The lowest BCUT2D eigenvalue weighted by atomic mass is 10.1. The van der Waals surface area contributed by atoms with Gasteiger partial charge >= 0.3 is 0 Å². The van der Waals surface area contributed by atoms with Crippen LogP contribution in [0.3, 0.4) is 0 Å². The topological polar surface area (TPSA) is 74.6 Å². The smallest absolute Gasteiger partial charge is 0.257 e. The van der Waals surface area contributed by atoms with Gasteiger partial charge in [-0.2, -0.15) is 5.10 Å². The van der Waals surface area contributed by atoms with Gasteiger partial charge in [0.15, 0.2) is 11.5 Å². The molecule has 7 nitrogen and oxygen atoms in total. The zero-order valence-corrected chi connectivity index (χ0v) is 19.1. The first-order valence-corrected chi connectivity index (χ1v) is 10.7. The summed E-state index contributed by atoms with van der Waals surface area (Å²) >= 11 is 0. The van der Waals surface area contributed by atoms with Crippen molar-refractivity contribution in [2.75, 3.05) is 25.1 Å². The second-order valence-electron chi connectivity index (χ2n) is 7.12. The van der Waals surface area contributed by atoms with Crippen LogP contribution in [0.1, 0.15) is 42.3 Å². The third kappa shape index (κ3) is 5.60. The molecule has 0 unspecified atom stereocenters. The molecule has 0 atom stereocenters. The van der Waals surface area contributed by atoms with Crippen molar-refractivity contribution in [3.05, 3.63) is 64.9 Å². The van der Waals surface area contributed by atoms with E-state index in [0.717, 1.165) is 18.2 Å². The van der Waals surface area contributed by atoms with Crippen LogP contribution in [0.15, 0.2) is 36.5 Å². The highest BCUT2D eigenvalue weighted by Crippen LogP contribution is 2.39. The summed E-state index contributed by atoms with van der Waals surface area (Å²) in [4.78, 5) is 13.1. The Morgan fingerprint density at radius 2 is 1.64 bits per heavy atom. The van der Waals surface area contributed by atoms with E-state index in [4.69, 9.17) is 14.2 Å². The molecule has 0 fully saturated rings. The van der Waals surface area contributed by atoms with Gasteiger partial charge in [-0.05, 0) is 58.0 Å². The lowest BCUT2D eigenvalue weighted by molar-refractivity contribution is 0.102. The average molecular weight is 459 g/mol. The molecule has 9 heteroatoms. The molecule has 1 heterocycles. The summed E-state index contributed by atoms with van der Waals surface area (Å²) in [7, 11) is 0. The molecule has 0 aliphatic rings. The fourth-order valence-electron chi connectivity index (χ4n) is 3.29. The highest BCUT2D eigenvalue weighted by Gasteiger charge is 2.20. The molecule has 0 aliphatic heterocycles. The van der Waals surface area contributed by atoms with Crippen molar-refractivity contribution < 1.29 is 27.8 Å². The van der Waals surface area contributed by atoms with Gasteiger partial charge in [0.05, 0.1) is 32.6 Å². The van der Waals surface area contributed by atoms with Crippen LogP contribution in [0.5, 0.6) is 17.2 Å². The molecule has 1 aromatic heterocycles. The van der Waals surface area contributed by atoms with E-state index in [-0.39, 0.29) is 17.7 Å². The van der Waals surface area contributed by atoms with Crippen molar-refractivity contribution in [1.29, 1.82) is 0 Å². The van der Waals surface area contributed by atoms with Gasteiger partial charge in [-0.3, -0.25) is 4.79 Å². The molecule has 1 N–H and O–H groups in total. The Morgan fingerprint density at radius 3 is 2.24 bits per heavy atom. The molecule has 0 saturated heterocycles. The summed E-state index contributed by atoms with van der Waals surface area (Å²) in [5, 5.41) is 7.02. The van der Waals surface area contributed by atoms with E-state index >= 15 is 0 Å². The van der Waals surface area contributed by atoms with Crippen molar-refractivity contribution >= 4 is 11.7 Å². The number of hydrogen-bond donors (Lipinski definition) is 1. The first-order chi connectivity index (χ1) is 15.9. The monoisotopic (exact) mass is 459 g/mol. The van der Waals surface area contributed by atoms with Crippen LogP contribution in [0.25, 0.3) is 0 Å². The van der Waals surface area contributed by atoms with Crippen LogP contribution in [-0.4, -0.2) is 35.5 Å². The lowest BCUT2D eigenvalue weighted by Crippen LogP contribution is -2.18. The number of amides is 1. The summed E-state index contributed by atoms with van der Waals surface area (Å²) in [6.45, 7) is 8.37. The number of ether oxygens (including phenoxy) is 3. The summed E-state index contributed by atoms with van der Waals surface area (Å²) in [5.41, 5.74) is 1.07. The maximum absolute atomic E-state index is 14.1. The van der Waals surface area contributed by atoms with Gasteiger partial charge in [-0.15, -0.1) is 0 Å². The summed E-state index contributed by atoms with van der Waals surface area (Å²) in [5.74, 6) is 0.0294. The summed E-state index contributed by atoms with van der Waals surface area (Å²) in [6.07, 6.45) is 1.54. The molecule has 0 radical (unpaired) electrons. The predicted octanol–water partition coefficient (Wildman–Crippen LogP) is 4.97. The molecule has 1 amide bonds. The number of hydrogen-bond acceptors (Lipinski definition) is 5. The van der Waals surface area contributed by atoms with Crippen molar-refractivity contribution in [3.63, 3.8) is 0 Å². The molecule has 0 saturated carbocycles. The van der Waals surface area contributed by atoms with Gasteiger partial charge < -0.3 is 19.5 Å². The SMILES string of the molecule is CCOc1cc(C(=O)Nc2c(C)cnn2Cc2cc(F)ccc2F)cc(OCC)c1OCC. The van der Waals surface area contributed by atoms with Crippen molar-refractivity contribution in [1.82, 2.24) is 9.78 Å². The Balaban J connectivity index is 1.93. The summed E-state index contributed by atoms with van der Waals surface area (Å²) < 4.78 is 46.1. The molecule has 0 bridgehead atoms. The van der Waals surface area contributed by atoms with Gasteiger partial charge in [0.25, 0.3) is 5.91 Å². The van der Waals surface area contributed by atoms with E-state index in [1.807, 2.05) is 20.8 Å². The fraction of sp³-hybridized carbons (Fsp3) is 0.333. The highest BCUT2D eigenvalue weighted by molar-refractivity contribution is 6.05. The maximum Gasteiger partial charge on any atom is 0.257 e. The Labute approximate surface area is 191 Å². The molecular formula is C24H27F2N3O4. The van der Waals surface area contributed by atoms with E-state index in [2.05, 4.69) is 10.4 Å². The lowest BCUT2D eigenvalue weighted by Gasteiger charge is -2.17. The molecule has 3 aromatic rings. The average Bonchev–Trinajstić information content (AvgIpc) is 3.12. The van der Waals surface area contributed by atoms with Crippen LogP contribution in [-0.2, 0) is 6.54 Å². The van der Waals surface area contributed by atoms with Gasteiger partial charge in [-0.25, -0.2) is 13.5 Å². The van der Waals surface area contributed by atoms with E-state index in [1.165, 1.54) is 4.68 Å².